The number of nitrogens with zero attached hydrogens (tertiary/aromatic N) is 2. The maximum Gasteiger partial charge on any atom is 0.0854 e. The molecule has 2 N–H and O–H groups in total. The van der Waals surface area contributed by atoms with E-state index in [0.29, 0.717) is 0 Å². The van der Waals surface area contributed by atoms with Crippen LogP contribution >= 0.6 is 11.5 Å². The second-order valence-corrected chi connectivity index (χ2v) is 5.77. The highest BCUT2D eigenvalue weighted by molar-refractivity contribution is 7.05. The Labute approximate surface area is 102 Å². The second kappa shape index (κ2) is 6.27. The lowest BCUT2D eigenvalue weighted by molar-refractivity contribution is 0.551. The molecule has 0 atom stereocenters. The largest absolute Gasteiger partial charge is 0.320 e. The summed E-state index contributed by atoms with van der Waals surface area (Å²) < 4.78 is 4.04. The number of hydrogen-bond acceptors (Lipinski definition) is 5. The molecule has 0 radical (unpaired) electrons. The Hall–Kier alpha value is -0.520. The van der Waals surface area contributed by atoms with Gasteiger partial charge in [-0.15, -0.1) is 5.10 Å². The Bertz CT molecular complexity index is 303. The Balaban J connectivity index is 2.40. The molecule has 0 bridgehead atoms. The quantitative estimate of drug-likeness (QED) is 0.743. The van der Waals surface area contributed by atoms with Gasteiger partial charge in [-0.1, -0.05) is 25.3 Å². The fourth-order valence-corrected chi connectivity index (χ4v) is 2.31. The van der Waals surface area contributed by atoms with Crippen LogP contribution in [0.5, 0.6) is 0 Å². The monoisotopic (exact) mass is 242 g/mol. The van der Waals surface area contributed by atoms with Gasteiger partial charge in [0.05, 0.1) is 10.6 Å². The van der Waals surface area contributed by atoms with Crippen LogP contribution in [-0.4, -0.2) is 29.7 Å². The fourth-order valence-electron chi connectivity index (χ4n) is 1.49. The Morgan fingerprint density at radius 2 is 2.00 bits per heavy atom. The molecule has 1 aromatic rings. The van der Waals surface area contributed by atoms with E-state index >= 15 is 0 Å². The summed E-state index contributed by atoms with van der Waals surface area (Å²) >= 11 is 1.50. The van der Waals surface area contributed by atoms with Crippen molar-refractivity contribution in [1.29, 1.82) is 0 Å². The van der Waals surface area contributed by atoms with Crippen molar-refractivity contribution < 1.29 is 0 Å². The summed E-state index contributed by atoms with van der Waals surface area (Å²) in [5, 5.41) is 10.8. The van der Waals surface area contributed by atoms with E-state index in [1.54, 1.807) is 0 Å². The normalized spacial score (nSPS) is 12.0. The molecule has 0 spiro atoms. The smallest absolute Gasteiger partial charge is 0.0854 e. The molecule has 0 saturated heterocycles. The van der Waals surface area contributed by atoms with Crippen LogP contribution in [0.2, 0.25) is 0 Å². The zero-order valence-corrected chi connectivity index (χ0v) is 11.4. The van der Waals surface area contributed by atoms with E-state index in [0.717, 1.165) is 31.7 Å². The maximum atomic E-state index is 4.22. The van der Waals surface area contributed by atoms with E-state index < -0.39 is 0 Å². The van der Waals surface area contributed by atoms with Crippen LogP contribution in [-0.2, 0) is 12.0 Å². The lowest BCUT2D eigenvalue weighted by atomic mass is 9.91. The average molecular weight is 242 g/mol. The van der Waals surface area contributed by atoms with Crippen molar-refractivity contribution in [2.45, 2.75) is 39.2 Å². The molecule has 5 heteroatoms. The molecular formula is C11H22N4S. The molecule has 4 nitrogen and oxygen atoms in total. The lowest BCUT2D eigenvalue weighted by Gasteiger charge is -2.16. The van der Waals surface area contributed by atoms with Crippen molar-refractivity contribution >= 4 is 11.5 Å². The van der Waals surface area contributed by atoms with Gasteiger partial charge in [-0.25, -0.2) is 0 Å². The molecule has 0 aliphatic carbocycles. The van der Waals surface area contributed by atoms with Gasteiger partial charge in [-0.05, 0) is 38.1 Å². The first-order chi connectivity index (χ1) is 7.55. The predicted molar refractivity (Wildman–Crippen MR) is 68.9 cm³/mol. The van der Waals surface area contributed by atoms with Gasteiger partial charge < -0.3 is 10.6 Å². The molecule has 16 heavy (non-hydrogen) atoms. The van der Waals surface area contributed by atoms with Crippen LogP contribution in [0, 0.1) is 0 Å². The summed E-state index contributed by atoms with van der Waals surface area (Å²) in [4.78, 5) is 1.26. The Kier molecular flexibility index (Phi) is 5.31. The van der Waals surface area contributed by atoms with Crippen LogP contribution in [0.1, 0.15) is 37.8 Å². The Morgan fingerprint density at radius 3 is 2.62 bits per heavy atom. The van der Waals surface area contributed by atoms with Gasteiger partial charge in [0.1, 0.15) is 0 Å². The minimum Gasteiger partial charge on any atom is -0.320 e. The molecule has 0 aliphatic rings. The summed E-state index contributed by atoms with van der Waals surface area (Å²) in [7, 11) is 1.98. The molecule has 1 rings (SSSR count). The first-order valence-electron chi connectivity index (χ1n) is 5.72. The highest BCUT2D eigenvalue weighted by Gasteiger charge is 2.21. The van der Waals surface area contributed by atoms with Crippen molar-refractivity contribution in [3.8, 4) is 0 Å². The zero-order chi connectivity index (χ0) is 12.0. The van der Waals surface area contributed by atoms with Gasteiger partial charge >= 0.3 is 0 Å². The number of rotatable bonds is 6. The molecule has 1 aromatic heterocycles. The van der Waals surface area contributed by atoms with E-state index in [4.69, 9.17) is 0 Å². The van der Waals surface area contributed by atoms with Crippen LogP contribution in [0.15, 0.2) is 0 Å². The second-order valence-electron chi connectivity index (χ2n) is 4.93. The summed E-state index contributed by atoms with van der Waals surface area (Å²) in [5.41, 5.74) is 1.22. The molecule has 0 aliphatic heterocycles. The van der Waals surface area contributed by atoms with Crippen LogP contribution in [0.25, 0.3) is 0 Å². The molecule has 1 heterocycles. The number of nitrogens with one attached hydrogen (secondary N) is 2. The third kappa shape index (κ3) is 4.15. The average Bonchev–Trinajstić information content (AvgIpc) is 2.65. The molecular weight excluding hydrogens is 220 g/mol. The Morgan fingerprint density at radius 1 is 1.25 bits per heavy atom. The van der Waals surface area contributed by atoms with Gasteiger partial charge in [-0.2, -0.15) is 0 Å². The van der Waals surface area contributed by atoms with Crippen LogP contribution in [0.4, 0.5) is 0 Å². The molecule has 0 aromatic carbocycles. The summed E-state index contributed by atoms with van der Waals surface area (Å²) in [6.07, 6.45) is 1.15. The van der Waals surface area contributed by atoms with E-state index in [9.17, 15) is 0 Å². The molecule has 92 valence electrons. The van der Waals surface area contributed by atoms with Gasteiger partial charge in [0, 0.05) is 12.0 Å². The molecule has 0 saturated carbocycles. The van der Waals surface area contributed by atoms with Crippen LogP contribution in [0.3, 0.4) is 0 Å². The number of hydrogen-bond donors (Lipinski definition) is 2. The van der Waals surface area contributed by atoms with Gasteiger partial charge in [0.25, 0.3) is 0 Å². The highest BCUT2D eigenvalue weighted by atomic mass is 32.1. The minimum atomic E-state index is 0.0922. The first kappa shape index (κ1) is 13.5. The third-order valence-electron chi connectivity index (χ3n) is 2.33. The predicted octanol–water partition coefficient (Wildman–Crippen LogP) is 1.53. The van der Waals surface area contributed by atoms with Crippen LogP contribution < -0.4 is 10.6 Å². The van der Waals surface area contributed by atoms with E-state index in [1.165, 1.54) is 16.4 Å². The van der Waals surface area contributed by atoms with Crippen molar-refractivity contribution in [3.05, 3.63) is 10.6 Å². The third-order valence-corrected chi connectivity index (χ3v) is 3.05. The van der Waals surface area contributed by atoms with Gasteiger partial charge in [-0.3, -0.25) is 0 Å². The van der Waals surface area contributed by atoms with Crippen molar-refractivity contribution in [3.63, 3.8) is 0 Å². The van der Waals surface area contributed by atoms with Gasteiger partial charge in [0.15, 0.2) is 0 Å². The van der Waals surface area contributed by atoms with Gasteiger partial charge in [0.2, 0.25) is 0 Å². The fraction of sp³-hybridized carbons (Fsp3) is 0.818. The van der Waals surface area contributed by atoms with Crippen molar-refractivity contribution in [2.24, 2.45) is 0 Å². The lowest BCUT2D eigenvalue weighted by Crippen LogP contribution is -2.21. The van der Waals surface area contributed by atoms with E-state index in [-0.39, 0.29) is 5.41 Å². The molecule has 0 fully saturated rings. The summed E-state index contributed by atoms with van der Waals surface area (Å²) in [6, 6.07) is 0. The topological polar surface area (TPSA) is 49.8 Å². The first-order valence-corrected chi connectivity index (χ1v) is 6.50. The van der Waals surface area contributed by atoms with E-state index in [2.05, 4.69) is 41.0 Å². The maximum absolute atomic E-state index is 4.22. The zero-order valence-electron chi connectivity index (χ0n) is 10.6. The van der Waals surface area contributed by atoms with Crippen molar-refractivity contribution in [2.75, 3.05) is 20.1 Å². The van der Waals surface area contributed by atoms with Crippen molar-refractivity contribution in [1.82, 2.24) is 20.2 Å². The molecule has 0 unspecified atom stereocenters. The highest BCUT2D eigenvalue weighted by Crippen LogP contribution is 2.25. The summed E-state index contributed by atoms with van der Waals surface area (Å²) in [6.45, 7) is 9.49. The number of aromatic nitrogens is 2. The summed E-state index contributed by atoms with van der Waals surface area (Å²) in [5.74, 6) is 0. The standard InChI is InChI=1S/C11H22N4S/c1-11(2,3)10-9(16-15-14-10)8-13-7-5-6-12-4/h12-13H,5-8H2,1-4H3. The molecule has 0 amide bonds. The van der Waals surface area contributed by atoms with E-state index in [1.807, 2.05) is 7.05 Å². The SMILES string of the molecule is CNCCCNCc1snnc1C(C)(C)C. The minimum absolute atomic E-state index is 0.0922.